The molecule has 4 aromatic rings. The summed E-state index contributed by atoms with van der Waals surface area (Å²) in [6, 6.07) is 22.2. The third-order valence-electron chi connectivity index (χ3n) is 13.2. The molecule has 0 aromatic heterocycles. The Morgan fingerprint density at radius 2 is 0.807 bits per heavy atom. The largest absolute Gasteiger partial charge is 0.508 e. The molecule has 0 saturated heterocycles. The number of amides is 10. The first-order valence-electron chi connectivity index (χ1n) is 27.4. The maximum absolute atomic E-state index is 14.4. The van der Waals surface area contributed by atoms with Crippen molar-refractivity contribution in [1.29, 1.82) is 0 Å². The third-order valence-corrected chi connectivity index (χ3v) is 13.2. The molecule has 448 valence electrons. The van der Waals surface area contributed by atoms with Crippen LogP contribution in [0.2, 0.25) is 0 Å². The van der Waals surface area contributed by atoms with E-state index in [4.69, 9.17) is 11.5 Å². The van der Waals surface area contributed by atoms with Crippen LogP contribution in [0.5, 0.6) is 11.5 Å². The van der Waals surface area contributed by atoms with Crippen LogP contribution in [0.4, 0.5) is 0 Å². The Balaban J connectivity index is 1.46. The van der Waals surface area contributed by atoms with Crippen molar-refractivity contribution >= 4 is 59.1 Å². The molecule has 15 N–H and O–H groups in total. The van der Waals surface area contributed by atoms with Crippen LogP contribution in [0.25, 0.3) is 0 Å². The van der Waals surface area contributed by atoms with E-state index < -0.39 is 119 Å². The lowest BCUT2D eigenvalue weighted by atomic mass is 9.96. The van der Waals surface area contributed by atoms with Crippen molar-refractivity contribution in [3.8, 4) is 11.5 Å². The second kappa shape index (κ2) is 31.4. The summed E-state index contributed by atoms with van der Waals surface area (Å²) in [6.45, 7) is 11.7. The van der Waals surface area contributed by atoms with Crippen molar-refractivity contribution in [3.05, 3.63) is 131 Å². The molecule has 23 heteroatoms. The number of benzene rings is 4. The molecular formula is C60H81N11O12. The van der Waals surface area contributed by atoms with E-state index in [1.165, 1.54) is 64.1 Å². The van der Waals surface area contributed by atoms with E-state index in [0.29, 0.717) is 22.3 Å². The van der Waals surface area contributed by atoms with E-state index >= 15 is 0 Å². The zero-order valence-corrected chi connectivity index (χ0v) is 48.3. The number of nitrogens with one attached hydrogen (secondary N) is 9. The van der Waals surface area contributed by atoms with Crippen LogP contribution in [0.15, 0.2) is 109 Å². The monoisotopic (exact) mass is 1150 g/mol. The minimum atomic E-state index is -1.69. The first-order valence-corrected chi connectivity index (χ1v) is 27.4. The molecule has 4 aromatic carbocycles. The van der Waals surface area contributed by atoms with Crippen molar-refractivity contribution < 1.29 is 58.2 Å². The number of phenolic OH excluding ortho intramolecular Hbond substituents is 2. The number of rotatable bonds is 31. The lowest BCUT2D eigenvalue weighted by molar-refractivity contribution is -0.138. The zero-order valence-electron chi connectivity index (χ0n) is 48.3. The SMILES string of the molecule is CC(C)C[C@H](NC(=O)[C@H](Cc1ccccc1)NC(=O)CNC(=O)CNC(=O)[C@H](Cc1ccc(O)cc1)NC(=O)[C@H](CC(C)C)NC(=O)[C@H](Cc1ccccc1)NC(=O)C(C)(C)NC(=O)C(C)(C)NC(=O)[C@@H](N)Cc1ccc(O)cc1)C(N)=O. The molecule has 0 spiro atoms. The van der Waals surface area contributed by atoms with Gasteiger partial charge in [0.2, 0.25) is 59.1 Å². The molecular weight excluding hydrogens is 1070 g/mol. The summed E-state index contributed by atoms with van der Waals surface area (Å²) in [5.74, 6) is -7.79. The highest BCUT2D eigenvalue weighted by molar-refractivity contribution is 5.99. The van der Waals surface area contributed by atoms with Gasteiger partial charge in [0, 0.05) is 19.3 Å². The van der Waals surface area contributed by atoms with E-state index in [0.717, 1.165) is 0 Å². The van der Waals surface area contributed by atoms with Crippen LogP contribution in [-0.2, 0) is 73.6 Å². The minimum absolute atomic E-state index is 0.0115. The number of phenols is 2. The zero-order chi connectivity index (χ0) is 61.6. The smallest absolute Gasteiger partial charge is 0.246 e. The van der Waals surface area contributed by atoms with E-state index in [9.17, 15) is 58.2 Å². The Bertz CT molecular complexity index is 2870. The van der Waals surface area contributed by atoms with E-state index in [2.05, 4.69) is 47.9 Å². The average Bonchev–Trinajstić information content (AvgIpc) is 3.61. The molecule has 0 aliphatic heterocycles. The van der Waals surface area contributed by atoms with Gasteiger partial charge in [0.15, 0.2) is 0 Å². The fraction of sp³-hybridized carbons (Fsp3) is 0.433. The number of primary amides is 1. The molecule has 0 saturated carbocycles. The number of carbonyl (C=O) groups excluding carboxylic acids is 10. The summed E-state index contributed by atoms with van der Waals surface area (Å²) >= 11 is 0. The van der Waals surface area contributed by atoms with Crippen molar-refractivity contribution in [2.24, 2.45) is 23.3 Å². The summed E-state index contributed by atoms with van der Waals surface area (Å²) in [5, 5.41) is 43.1. The molecule has 0 unspecified atom stereocenters. The van der Waals surface area contributed by atoms with Gasteiger partial charge in [0.25, 0.3) is 0 Å². The molecule has 10 amide bonds. The van der Waals surface area contributed by atoms with Crippen molar-refractivity contribution in [2.45, 2.75) is 141 Å². The molecule has 0 aliphatic carbocycles. The summed E-state index contributed by atoms with van der Waals surface area (Å²) in [6.07, 6.45) is 0.256. The van der Waals surface area contributed by atoms with Crippen LogP contribution >= 0.6 is 0 Å². The fourth-order valence-electron chi connectivity index (χ4n) is 8.48. The summed E-state index contributed by atoms with van der Waals surface area (Å²) in [4.78, 5) is 136. The Hall–Kier alpha value is -8.86. The average molecular weight is 1150 g/mol. The highest BCUT2D eigenvalue weighted by Crippen LogP contribution is 2.17. The molecule has 83 heavy (non-hydrogen) atoms. The van der Waals surface area contributed by atoms with Gasteiger partial charge in [-0.05, 0) is 105 Å². The standard InChI is InChI=1S/C60H81N11O12/c1-35(2)27-44(51(62)76)66-55(80)47(30-37-15-11-9-12-16-37)65-50(75)34-63-49(74)33-64-53(78)46(32-40-21-25-42(73)26-22-40)68-54(79)45(28-36(3)4)67-56(81)48(31-38-17-13-10-14-18-38)69-57(82)59(5,6)71-58(83)60(7,8)70-52(77)43(61)29-39-19-23-41(72)24-20-39/h9-26,35-36,43-48,72-73H,27-34,61H2,1-8H3,(H2,62,76)(H,63,74)(H,64,78)(H,65,75)(H,66,80)(H,67,81)(H,68,79)(H,69,82)(H,70,77)(H,71,83)/t43-,44-,45-,46-,47-,48-/m0/s1. The van der Waals surface area contributed by atoms with Crippen LogP contribution in [0, 0.1) is 11.8 Å². The summed E-state index contributed by atoms with van der Waals surface area (Å²) in [5.41, 5.74) is 10.9. The molecule has 0 fully saturated rings. The Labute approximate surface area is 484 Å². The minimum Gasteiger partial charge on any atom is -0.508 e. The quantitative estimate of drug-likeness (QED) is 0.0331. The second-order valence-electron chi connectivity index (χ2n) is 22.4. The van der Waals surface area contributed by atoms with Crippen molar-refractivity contribution in [2.75, 3.05) is 13.1 Å². The molecule has 23 nitrogen and oxygen atoms in total. The summed E-state index contributed by atoms with van der Waals surface area (Å²) in [7, 11) is 0. The molecule has 6 atom stereocenters. The molecule has 0 heterocycles. The number of hydrogen-bond acceptors (Lipinski definition) is 13. The molecule has 0 aliphatic rings. The number of carbonyl (C=O) groups is 10. The van der Waals surface area contributed by atoms with Gasteiger partial charge in [0.05, 0.1) is 19.1 Å². The predicted octanol–water partition coefficient (Wildman–Crippen LogP) is 0.719. The lowest BCUT2D eigenvalue weighted by Crippen LogP contribution is -2.65. The highest BCUT2D eigenvalue weighted by atomic mass is 16.3. The molecule has 0 bridgehead atoms. The molecule has 4 rings (SSSR count). The number of nitrogens with two attached hydrogens (primary N) is 2. The number of aromatic hydroxyl groups is 2. The van der Waals surface area contributed by atoms with Gasteiger partial charge in [-0.15, -0.1) is 0 Å². The summed E-state index contributed by atoms with van der Waals surface area (Å²) < 4.78 is 0. The van der Waals surface area contributed by atoms with Gasteiger partial charge in [0.1, 0.15) is 52.8 Å². The van der Waals surface area contributed by atoms with Crippen LogP contribution in [0.3, 0.4) is 0 Å². The maximum Gasteiger partial charge on any atom is 0.246 e. The first kappa shape index (κ1) is 66.7. The van der Waals surface area contributed by atoms with Gasteiger partial charge < -0.3 is 69.5 Å². The Kier molecular flexibility index (Phi) is 25.2. The Morgan fingerprint density at radius 1 is 0.422 bits per heavy atom. The van der Waals surface area contributed by atoms with Crippen LogP contribution < -0.4 is 59.3 Å². The predicted molar refractivity (Wildman–Crippen MR) is 310 cm³/mol. The van der Waals surface area contributed by atoms with E-state index in [-0.39, 0.29) is 61.9 Å². The second-order valence-corrected chi connectivity index (χ2v) is 22.4. The van der Waals surface area contributed by atoms with Crippen molar-refractivity contribution in [1.82, 2.24) is 47.9 Å². The normalized spacial score (nSPS) is 13.6. The van der Waals surface area contributed by atoms with Gasteiger partial charge in [-0.25, -0.2) is 0 Å². The first-order chi connectivity index (χ1) is 39.0. The maximum atomic E-state index is 14.4. The molecule has 0 radical (unpaired) electrons. The fourth-order valence-corrected chi connectivity index (χ4v) is 8.48. The third kappa shape index (κ3) is 22.9. The lowest BCUT2D eigenvalue weighted by Gasteiger charge is -2.33. The highest BCUT2D eigenvalue weighted by Gasteiger charge is 2.40. The Morgan fingerprint density at radius 3 is 1.29 bits per heavy atom. The van der Waals surface area contributed by atoms with Crippen LogP contribution in [-0.4, -0.2) is 130 Å². The van der Waals surface area contributed by atoms with Crippen LogP contribution in [0.1, 0.15) is 90.5 Å². The topological polar surface area (TPSA) is 371 Å². The van der Waals surface area contributed by atoms with Gasteiger partial charge in [-0.2, -0.15) is 0 Å². The van der Waals surface area contributed by atoms with Gasteiger partial charge >= 0.3 is 0 Å². The number of hydrogen-bond donors (Lipinski definition) is 13. The van der Waals surface area contributed by atoms with Gasteiger partial charge in [-0.1, -0.05) is 113 Å². The van der Waals surface area contributed by atoms with E-state index in [1.807, 2.05) is 13.8 Å². The van der Waals surface area contributed by atoms with Gasteiger partial charge in [-0.3, -0.25) is 47.9 Å². The van der Waals surface area contributed by atoms with Crippen molar-refractivity contribution in [3.63, 3.8) is 0 Å². The van der Waals surface area contributed by atoms with E-state index in [1.54, 1.807) is 86.6 Å².